The van der Waals surface area contributed by atoms with E-state index in [0.29, 0.717) is 5.76 Å². The topological polar surface area (TPSA) is 56.2 Å². The van der Waals surface area contributed by atoms with Crippen molar-refractivity contribution in [2.75, 3.05) is 0 Å². The number of furan rings is 1. The van der Waals surface area contributed by atoms with Gasteiger partial charge < -0.3 is 10.2 Å². The van der Waals surface area contributed by atoms with Crippen molar-refractivity contribution in [1.82, 2.24) is 0 Å². The van der Waals surface area contributed by atoms with Crippen LogP contribution in [0, 0.1) is 0 Å². The summed E-state index contributed by atoms with van der Waals surface area (Å²) >= 11 is 0. The molecule has 0 fully saturated rings. The molecule has 0 bridgehead atoms. The Morgan fingerprint density at radius 3 is 2.92 bits per heavy atom. The number of carbonyl (C=O) groups excluding carboxylic acids is 1. The Hall–Kier alpha value is -1.25. The van der Waals surface area contributed by atoms with Gasteiger partial charge in [-0.05, 0) is 18.6 Å². The van der Waals surface area contributed by atoms with E-state index in [1.807, 2.05) is 6.92 Å². The third-order valence-electron chi connectivity index (χ3n) is 1.81. The summed E-state index contributed by atoms with van der Waals surface area (Å²) in [6, 6.07) is 3.55. The first-order valence-corrected chi connectivity index (χ1v) is 4.08. The lowest BCUT2D eigenvalue weighted by Crippen LogP contribution is -2.20. The van der Waals surface area contributed by atoms with Gasteiger partial charge in [-0.25, -0.2) is 0 Å². The van der Waals surface area contributed by atoms with Crippen molar-refractivity contribution in [3.63, 3.8) is 0 Å². The van der Waals surface area contributed by atoms with Crippen LogP contribution in [0.25, 0.3) is 0 Å². The van der Waals surface area contributed by atoms with E-state index in [4.69, 9.17) is 10.2 Å². The summed E-state index contributed by atoms with van der Waals surface area (Å²) in [5.41, 5.74) is 5.22. The van der Waals surface area contributed by atoms with Crippen molar-refractivity contribution in [3.05, 3.63) is 24.2 Å². The van der Waals surface area contributed by atoms with Crippen LogP contribution >= 0.6 is 0 Å². The van der Waals surface area contributed by atoms with Crippen molar-refractivity contribution >= 4 is 5.91 Å². The number of rotatable bonds is 4. The molecule has 66 valence electrons. The van der Waals surface area contributed by atoms with E-state index >= 15 is 0 Å². The zero-order chi connectivity index (χ0) is 8.97. The van der Waals surface area contributed by atoms with Crippen LogP contribution < -0.4 is 5.73 Å². The average Bonchev–Trinajstić information content (AvgIpc) is 2.51. The lowest BCUT2D eigenvalue weighted by atomic mass is 10.0. The van der Waals surface area contributed by atoms with Crippen LogP contribution in [-0.4, -0.2) is 5.91 Å². The van der Waals surface area contributed by atoms with Gasteiger partial charge in [0.25, 0.3) is 0 Å². The Labute approximate surface area is 71.6 Å². The Kier molecular flexibility index (Phi) is 2.91. The zero-order valence-corrected chi connectivity index (χ0v) is 7.12. The minimum atomic E-state index is -0.313. The van der Waals surface area contributed by atoms with E-state index in [2.05, 4.69) is 0 Å². The lowest BCUT2D eigenvalue weighted by molar-refractivity contribution is -0.119. The number of hydrogen-bond acceptors (Lipinski definition) is 2. The van der Waals surface area contributed by atoms with Crippen LogP contribution in [-0.2, 0) is 4.79 Å². The smallest absolute Gasteiger partial charge is 0.228 e. The summed E-state index contributed by atoms with van der Waals surface area (Å²) in [6.07, 6.45) is 3.23. The summed E-state index contributed by atoms with van der Waals surface area (Å²) in [5, 5.41) is 0. The second-order valence-corrected chi connectivity index (χ2v) is 2.76. The van der Waals surface area contributed by atoms with Crippen LogP contribution in [0.5, 0.6) is 0 Å². The summed E-state index contributed by atoms with van der Waals surface area (Å²) in [4.78, 5) is 11.0. The second-order valence-electron chi connectivity index (χ2n) is 2.76. The zero-order valence-electron chi connectivity index (χ0n) is 7.12. The quantitative estimate of drug-likeness (QED) is 0.741. The van der Waals surface area contributed by atoms with Crippen LogP contribution in [0.4, 0.5) is 0 Å². The Morgan fingerprint density at radius 2 is 2.50 bits per heavy atom. The summed E-state index contributed by atoms with van der Waals surface area (Å²) in [7, 11) is 0. The maximum Gasteiger partial charge on any atom is 0.228 e. The molecule has 0 spiro atoms. The summed E-state index contributed by atoms with van der Waals surface area (Å²) < 4.78 is 5.11. The molecule has 3 nitrogen and oxygen atoms in total. The van der Waals surface area contributed by atoms with Crippen molar-refractivity contribution in [2.24, 2.45) is 5.73 Å². The number of amides is 1. The second kappa shape index (κ2) is 3.95. The van der Waals surface area contributed by atoms with Gasteiger partial charge in [-0.3, -0.25) is 4.79 Å². The Bertz CT molecular complexity index is 241. The molecule has 3 heteroatoms. The van der Waals surface area contributed by atoms with Gasteiger partial charge >= 0.3 is 0 Å². The van der Waals surface area contributed by atoms with Crippen LogP contribution in [0.2, 0.25) is 0 Å². The van der Waals surface area contributed by atoms with E-state index in [1.165, 1.54) is 0 Å². The standard InChI is InChI=1S/C9H13NO2/c1-2-4-7(9(10)11)8-5-3-6-12-8/h3,5-7H,2,4H2,1H3,(H2,10,11). The average molecular weight is 167 g/mol. The van der Waals surface area contributed by atoms with Gasteiger partial charge in [0.05, 0.1) is 12.2 Å². The predicted octanol–water partition coefficient (Wildman–Crippen LogP) is 1.65. The van der Waals surface area contributed by atoms with Crippen molar-refractivity contribution < 1.29 is 9.21 Å². The predicted molar refractivity (Wildman–Crippen MR) is 45.6 cm³/mol. The molecule has 1 atom stereocenters. The molecule has 1 amide bonds. The van der Waals surface area contributed by atoms with Crippen LogP contribution in [0.3, 0.4) is 0 Å². The van der Waals surface area contributed by atoms with Gasteiger partial charge in [0.2, 0.25) is 5.91 Å². The largest absolute Gasteiger partial charge is 0.469 e. The molecule has 1 rings (SSSR count). The fraction of sp³-hybridized carbons (Fsp3) is 0.444. The van der Waals surface area contributed by atoms with Crippen molar-refractivity contribution in [3.8, 4) is 0 Å². The highest BCUT2D eigenvalue weighted by atomic mass is 16.3. The fourth-order valence-corrected chi connectivity index (χ4v) is 1.20. The SMILES string of the molecule is CCCC(C(N)=O)c1ccco1. The molecule has 2 N–H and O–H groups in total. The number of hydrogen-bond donors (Lipinski definition) is 1. The van der Waals surface area contributed by atoms with E-state index < -0.39 is 0 Å². The third-order valence-corrected chi connectivity index (χ3v) is 1.81. The van der Waals surface area contributed by atoms with Crippen molar-refractivity contribution in [1.29, 1.82) is 0 Å². The van der Waals surface area contributed by atoms with E-state index in [9.17, 15) is 4.79 Å². The van der Waals surface area contributed by atoms with Crippen LogP contribution in [0.1, 0.15) is 31.4 Å². The molecule has 12 heavy (non-hydrogen) atoms. The fourth-order valence-electron chi connectivity index (χ4n) is 1.20. The highest BCUT2D eigenvalue weighted by Gasteiger charge is 2.18. The van der Waals surface area contributed by atoms with Gasteiger partial charge in [-0.2, -0.15) is 0 Å². The van der Waals surface area contributed by atoms with E-state index in [-0.39, 0.29) is 11.8 Å². The van der Waals surface area contributed by atoms with Crippen molar-refractivity contribution in [2.45, 2.75) is 25.7 Å². The molecule has 0 aliphatic carbocycles. The Morgan fingerprint density at radius 1 is 1.75 bits per heavy atom. The van der Waals surface area contributed by atoms with E-state index in [1.54, 1.807) is 18.4 Å². The third kappa shape index (κ3) is 1.87. The molecule has 1 heterocycles. The highest BCUT2D eigenvalue weighted by molar-refractivity contribution is 5.81. The van der Waals surface area contributed by atoms with Crippen LogP contribution in [0.15, 0.2) is 22.8 Å². The molecule has 0 saturated heterocycles. The Balaban J connectivity index is 2.73. The minimum Gasteiger partial charge on any atom is -0.469 e. The molecule has 0 saturated carbocycles. The van der Waals surface area contributed by atoms with Gasteiger partial charge in [0, 0.05) is 0 Å². The maximum atomic E-state index is 11.0. The molecule has 0 aliphatic heterocycles. The number of carbonyl (C=O) groups is 1. The molecule has 1 unspecified atom stereocenters. The molecular formula is C9H13NO2. The van der Waals surface area contributed by atoms with E-state index in [0.717, 1.165) is 12.8 Å². The first-order valence-electron chi connectivity index (χ1n) is 4.08. The van der Waals surface area contributed by atoms with Gasteiger partial charge in [0.15, 0.2) is 0 Å². The molecular weight excluding hydrogens is 154 g/mol. The van der Waals surface area contributed by atoms with Gasteiger partial charge in [-0.15, -0.1) is 0 Å². The van der Waals surface area contributed by atoms with Gasteiger partial charge in [0.1, 0.15) is 5.76 Å². The molecule has 1 aromatic rings. The molecule has 0 radical (unpaired) electrons. The minimum absolute atomic E-state index is 0.259. The molecule has 0 aliphatic rings. The lowest BCUT2D eigenvalue weighted by Gasteiger charge is -2.07. The molecule has 1 aromatic heterocycles. The number of primary amides is 1. The normalized spacial score (nSPS) is 12.8. The summed E-state index contributed by atoms with van der Waals surface area (Å²) in [6.45, 7) is 2.01. The highest BCUT2D eigenvalue weighted by Crippen LogP contribution is 2.20. The first-order chi connectivity index (χ1) is 5.75. The monoisotopic (exact) mass is 167 g/mol. The van der Waals surface area contributed by atoms with Gasteiger partial charge in [-0.1, -0.05) is 13.3 Å². The summed E-state index contributed by atoms with van der Waals surface area (Å²) in [5.74, 6) is 0.0983. The maximum absolute atomic E-state index is 11.0. The molecule has 0 aromatic carbocycles. The first kappa shape index (κ1) is 8.84. The number of nitrogens with two attached hydrogens (primary N) is 1.